The monoisotopic (exact) mass is 529 g/mol. The maximum Gasteiger partial charge on any atom is 0.418 e. The number of carbonyl (C=O) groups excluding carboxylic acids is 2. The highest BCUT2D eigenvalue weighted by Gasteiger charge is 2.36. The second-order valence-electron chi connectivity index (χ2n) is 9.62. The van der Waals surface area contributed by atoms with E-state index in [0.29, 0.717) is 29.7 Å². The van der Waals surface area contributed by atoms with Crippen LogP contribution >= 0.6 is 23.2 Å². The van der Waals surface area contributed by atoms with Crippen molar-refractivity contribution in [2.45, 2.75) is 38.6 Å². The van der Waals surface area contributed by atoms with E-state index in [1.807, 2.05) is 48.5 Å². The SMILES string of the molecule is CC(C)(C)OC(=O)N1C=CCN(C(=O)N2CC(OC(c3ccc(Cl)cc3)c3ccccc3Cl)C2)C=C1. The number of likely N-dealkylation sites (tertiary alicyclic amines) is 1. The summed E-state index contributed by atoms with van der Waals surface area (Å²) in [5, 5.41) is 1.25. The van der Waals surface area contributed by atoms with Crippen LogP contribution in [0.25, 0.3) is 0 Å². The van der Waals surface area contributed by atoms with Crippen molar-refractivity contribution >= 4 is 35.3 Å². The molecule has 190 valence electrons. The van der Waals surface area contributed by atoms with Crippen LogP contribution in [0.4, 0.5) is 9.59 Å². The molecule has 1 fully saturated rings. The number of ether oxygens (including phenoxy) is 2. The summed E-state index contributed by atoms with van der Waals surface area (Å²) in [6.07, 6.45) is 5.40. The molecule has 1 saturated heterocycles. The summed E-state index contributed by atoms with van der Waals surface area (Å²) in [7, 11) is 0. The molecule has 2 aliphatic heterocycles. The van der Waals surface area contributed by atoms with Crippen LogP contribution in [0.2, 0.25) is 10.0 Å². The molecule has 1 unspecified atom stereocenters. The number of carbonyl (C=O) groups is 2. The molecule has 7 nitrogen and oxygen atoms in total. The summed E-state index contributed by atoms with van der Waals surface area (Å²) in [5.41, 5.74) is 1.18. The zero-order valence-electron chi connectivity index (χ0n) is 20.4. The Morgan fingerprint density at radius 3 is 2.33 bits per heavy atom. The van der Waals surface area contributed by atoms with Crippen molar-refractivity contribution in [2.75, 3.05) is 19.6 Å². The van der Waals surface area contributed by atoms with Gasteiger partial charge in [0.25, 0.3) is 0 Å². The summed E-state index contributed by atoms with van der Waals surface area (Å²) >= 11 is 12.6. The lowest BCUT2D eigenvalue weighted by atomic mass is 10.0. The highest BCUT2D eigenvalue weighted by molar-refractivity contribution is 6.31. The van der Waals surface area contributed by atoms with E-state index in [1.54, 1.807) is 49.0 Å². The lowest BCUT2D eigenvalue weighted by Crippen LogP contribution is -2.58. The molecule has 4 rings (SSSR count). The third kappa shape index (κ3) is 6.40. The van der Waals surface area contributed by atoms with E-state index >= 15 is 0 Å². The molecular formula is C27H29Cl2N3O4. The average molecular weight is 530 g/mol. The van der Waals surface area contributed by atoms with Gasteiger partial charge in [-0.05, 0) is 50.6 Å². The van der Waals surface area contributed by atoms with Gasteiger partial charge in [0.1, 0.15) is 11.7 Å². The summed E-state index contributed by atoms with van der Waals surface area (Å²) in [6.45, 7) is 6.63. The fourth-order valence-electron chi connectivity index (χ4n) is 3.83. The first-order chi connectivity index (χ1) is 17.1. The van der Waals surface area contributed by atoms with Gasteiger partial charge in [0.05, 0.1) is 19.2 Å². The predicted molar refractivity (Wildman–Crippen MR) is 140 cm³/mol. The van der Waals surface area contributed by atoms with Gasteiger partial charge < -0.3 is 14.4 Å². The Hall–Kier alpha value is -3.00. The molecule has 2 aliphatic rings. The summed E-state index contributed by atoms with van der Waals surface area (Å²) in [6, 6.07) is 14.9. The Bertz CT molecular complexity index is 1150. The van der Waals surface area contributed by atoms with E-state index in [2.05, 4.69) is 0 Å². The Kier molecular flexibility index (Phi) is 7.93. The number of urea groups is 1. The van der Waals surface area contributed by atoms with Crippen molar-refractivity contribution < 1.29 is 19.1 Å². The van der Waals surface area contributed by atoms with Gasteiger partial charge in [-0.2, -0.15) is 0 Å². The molecular weight excluding hydrogens is 501 g/mol. The number of halogens is 2. The van der Waals surface area contributed by atoms with Crippen molar-refractivity contribution in [1.29, 1.82) is 0 Å². The van der Waals surface area contributed by atoms with Crippen LogP contribution in [-0.4, -0.2) is 58.2 Å². The van der Waals surface area contributed by atoms with E-state index in [4.69, 9.17) is 32.7 Å². The molecule has 2 heterocycles. The Morgan fingerprint density at radius 1 is 0.972 bits per heavy atom. The van der Waals surface area contributed by atoms with E-state index in [0.717, 1.165) is 11.1 Å². The molecule has 3 amide bonds. The Balaban J connectivity index is 1.38. The van der Waals surface area contributed by atoms with Crippen molar-refractivity contribution in [3.63, 3.8) is 0 Å². The van der Waals surface area contributed by atoms with Gasteiger partial charge in [0.15, 0.2) is 0 Å². The maximum absolute atomic E-state index is 13.0. The molecule has 0 aromatic heterocycles. The standard InChI is InChI=1S/C27H29Cl2N3O4/c1-27(2,3)36-26(34)31-14-6-13-30(15-16-31)25(33)32-17-21(18-32)35-24(19-9-11-20(28)12-10-19)22-7-4-5-8-23(22)29/h4-12,14-16,21,24H,13,17-18H2,1-3H3. The largest absolute Gasteiger partial charge is 0.443 e. The number of amides is 3. The first-order valence-corrected chi connectivity index (χ1v) is 12.4. The third-order valence-corrected chi connectivity index (χ3v) is 6.23. The number of rotatable bonds is 4. The second kappa shape index (κ2) is 10.9. The smallest absolute Gasteiger partial charge is 0.418 e. The Morgan fingerprint density at radius 2 is 1.67 bits per heavy atom. The molecule has 2 aromatic carbocycles. The molecule has 36 heavy (non-hydrogen) atoms. The number of nitrogens with zero attached hydrogens (tertiary/aromatic N) is 3. The zero-order chi connectivity index (χ0) is 25.9. The number of benzene rings is 2. The normalized spacial score (nSPS) is 17.0. The minimum absolute atomic E-state index is 0.157. The molecule has 0 radical (unpaired) electrons. The fourth-order valence-corrected chi connectivity index (χ4v) is 4.19. The second-order valence-corrected chi connectivity index (χ2v) is 10.5. The van der Waals surface area contributed by atoms with Crippen LogP contribution in [-0.2, 0) is 9.47 Å². The van der Waals surface area contributed by atoms with Gasteiger partial charge in [0, 0.05) is 40.8 Å². The summed E-state index contributed by atoms with van der Waals surface area (Å²) in [4.78, 5) is 29.9. The zero-order valence-corrected chi connectivity index (χ0v) is 21.9. The minimum Gasteiger partial charge on any atom is -0.443 e. The van der Waals surface area contributed by atoms with E-state index < -0.39 is 11.7 Å². The number of hydrogen-bond donors (Lipinski definition) is 0. The number of hydrogen-bond acceptors (Lipinski definition) is 4. The fraction of sp³-hybridized carbons (Fsp3) is 0.333. The summed E-state index contributed by atoms with van der Waals surface area (Å²) in [5.74, 6) is 0. The first-order valence-electron chi connectivity index (χ1n) is 11.7. The topological polar surface area (TPSA) is 62.3 Å². The van der Waals surface area contributed by atoms with Crippen LogP contribution < -0.4 is 0 Å². The van der Waals surface area contributed by atoms with Gasteiger partial charge in [0.2, 0.25) is 0 Å². The van der Waals surface area contributed by atoms with Crippen LogP contribution in [0.15, 0.2) is 73.2 Å². The van der Waals surface area contributed by atoms with Gasteiger partial charge in [-0.15, -0.1) is 0 Å². The molecule has 0 N–H and O–H groups in total. The average Bonchev–Trinajstić information content (AvgIpc) is 3.05. The molecule has 0 bridgehead atoms. The molecule has 0 saturated carbocycles. The van der Waals surface area contributed by atoms with Gasteiger partial charge >= 0.3 is 12.1 Å². The lowest BCUT2D eigenvalue weighted by molar-refractivity contribution is -0.0672. The molecule has 1 atom stereocenters. The lowest BCUT2D eigenvalue weighted by Gasteiger charge is -2.42. The third-order valence-electron chi connectivity index (χ3n) is 5.63. The van der Waals surface area contributed by atoms with Crippen molar-refractivity contribution in [2.24, 2.45) is 0 Å². The Labute approximate surface area is 221 Å². The van der Waals surface area contributed by atoms with Crippen LogP contribution in [0, 0.1) is 0 Å². The van der Waals surface area contributed by atoms with Gasteiger partial charge in [-0.1, -0.05) is 53.5 Å². The maximum atomic E-state index is 13.0. The van der Waals surface area contributed by atoms with Crippen molar-refractivity contribution in [3.05, 3.63) is 94.4 Å². The van der Waals surface area contributed by atoms with Crippen molar-refractivity contribution in [3.8, 4) is 0 Å². The molecule has 2 aromatic rings. The van der Waals surface area contributed by atoms with E-state index in [-0.39, 0.29) is 18.2 Å². The molecule has 9 heteroatoms. The van der Waals surface area contributed by atoms with E-state index in [9.17, 15) is 9.59 Å². The highest BCUT2D eigenvalue weighted by Crippen LogP contribution is 2.34. The van der Waals surface area contributed by atoms with Gasteiger partial charge in [-0.25, -0.2) is 9.59 Å². The predicted octanol–water partition coefficient (Wildman–Crippen LogP) is 6.44. The quantitative estimate of drug-likeness (QED) is 0.457. The molecule has 0 aliphatic carbocycles. The van der Waals surface area contributed by atoms with Crippen LogP contribution in [0.5, 0.6) is 0 Å². The summed E-state index contributed by atoms with van der Waals surface area (Å²) < 4.78 is 11.8. The highest BCUT2D eigenvalue weighted by atomic mass is 35.5. The van der Waals surface area contributed by atoms with Crippen LogP contribution in [0.3, 0.4) is 0 Å². The van der Waals surface area contributed by atoms with E-state index in [1.165, 1.54) is 11.1 Å². The molecule has 0 spiro atoms. The van der Waals surface area contributed by atoms with Crippen LogP contribution in [0.1, 0.15) is 38.0 Å². The van der Waals surface area contributed by atoms with Gasteiger partial charge in [-0.3, -0.25) is 9.80 Å². The first kappa shape index (κ1) is 26.1. The van der Waals surface area contributed by atoms with Crippen molar-refractivity contribution in [1.82, 2.24) is 14.7 Å². The minimum atomic E-state index is -0.610.